The third-order valence-electron chi connectivity index (χ3n) is 4.36. The van der Waals surface area contributed by atoms with Gasteiger partial charge in [0, 0.05) is 22.4 Å². The van der Waals surface area contributed by atoms with Gasteiger partial charge in [0.25, 0.3) is 11.8 Å². The molecule has 1 aliphatic heterocycles. The zero-order valence-electron chi connectivity index (χ0n) is 15.0. The van der Waals surface area contributed by atoms with Crippen molar-refractivity contribution in [2.45, 2.75) is 13.8 Å². The molecule has 1 fully saturated rings. The highest BCUT2D eigenvalue weighted by molar-refractivity contribution is 9.10. The van der Waals surface area contributed by atoms with E-state index in [1.807, 2.05) is 48.7 Å². The molecular weight excluding hydrogens is 410 g/mol. The predicted octanol–water partition coefficient (Wildman–Crippen LogP) is 3.50. The topological polar surface area (TPSA) is 71.4 Å². The van der Waals surface area contributed by atoms with Crippen molar-refractivity contribution in [3.8, 4) is 5.69 Å². The second-order valence-electron chi connectivity index (χ2n) is 6.14. The van der Waals surface area contributed by atoms with Crippen LogP contribution in [0.15, 0.2) is 53.0 Å². The number of rotatable bonds is 4. The van der Waals surface area contributed by atoms with E-state index in [-0.39, 0.29) is 12.1 Å². The molecule has 1 aromatic heterocycles. The van der Waals surface area contributed by atoms with Gasteiger partial charge >= 0.3 is 6.03 Å². The second kappa shape index (κ2) is 7.36. The van der Waals surface area contributed by atoms with E-state index in [1.165, 1.54) is 12.2 Å². The third kappa shape index (κ3) is 3.38. The summed E-state index contributed by atoms with van der Waals surface area (Å²) in [5.74, 6) is -1.33. The summed E-state index contributed by atoms with van der Waals surface area (Å²) < 4.78 is 2.97. The number of nitrogens with one attached hydrogen (secondary N) is 1. The smallest absolute Gasteiger partial charge is 0.317 e. The molecule has 1 saturated heterocycles. The van der Waals surface area contributed by atoms with E-state index in [2.05, 4.69) is 27.8 Å². The molecule has 0 aliphatic carbocycles. The quantitative estimate of drug-likeness (QED) is 0.460. The highest BCUT2D eigenvalue weighted by atomic mass is 79.9. The molecule has 1 aliphatic rings. The number of aryl methyl sites for hydroxylation is 1. The van der Waals surface area contributed by atoms with Gasteiger partial charge in [-0.05, 0) is 59.6 Å². The molecule has 2 aromatic rings. The number of aromatic nitrogens is 1. The minimum absolute atomic E-state index is 0.0330. The van der Waals surface area contributed by atoms with E-state index in [4.69, 9.17) is 0 Å². The average molecular weight is 428 g/mol. The van der Waals surface area contributed by atoms with Crippen LogP contribution in [0.5, 0.6) is 0 Å². The minimum Gasteiger partial charge on any atom is -0.317 e. The van der Waals surface area contributed by atoms with Gasteiger partial charge in [0.05, 0.1) is 5.69 Å². The van der Waals surface area contributed by atoms with Crippen LogP contribution < -0.4 is 5.32 Å². The number of halogens is 1. The van der Waals surface area contributed by atoms with Crippen LogP contribution in [0.25, 0.3) is 11.8 Å². The Bertz CT molecular complexity index is 1000. The molecule has 27 heavy (non-hydrogen) atoms. The summed E-state index contributed by atoms with van der Waals surface area (Å²) in [4.78, 5) is 37.6. The lowest BCUT2D eigenvalue weighted by Crippen LogP contribution is -2.54. The van der Waals surface area contributed by atoms with E-state index in [0.29, 0.717) is 0 Å². The van der Waals surface area contributed by atoms with Crippen molar-refractivity contribution >= 4 is 39.9 Å². The number of hydrogen-bond acceptors (Lipinski definition) is 3. The summed E-state index contributed by atoms with van der Waals surface area (Å²) in [7, 11) is 0. The molecule has 7 heteroatoms. The number of benzene rings is 1. The average Bonchev–Trinajstić information content (AvgIpc) is 2.89. The van der Waals surface area contributed by atoms with Crippen LogP contribution in [0.4, 0.5) is 4.79 Å². The van der Waals surface area contributed by atoms with Crippen molar-refractivity contribution in [2.75, 3.05) is 6.54 Å². The lowest BCUT2D eigenvalue weighted by Gasteiger charge is -2.25. The Morgan fingerprint density at radius 2 is 1.89 bits per heavy atom. The Balaban J connectivity index is 2.07. The molecule has 6 nitrogen and oxygen atoms in total. The largest absolute Gasteiger partial charge is 0.331 e. The fraction of sp³-hybridized carbons (Fsp3) is 0.150. The Hall–Kier alpha value is -2.93. The maximum Gasteiger partial charge on any atom is 0.331 e. The number of carbonyl (C=O) groups is 3. The van der Waals surface area contributed by atoms with Gasteiger partial charge in [-0.1, -0.05) is 18.2 Å². The van der Waals surface area contributed by atoms with E-state index in [1.54, 1.807) is 0 Å². The third-order valence-corrected chi connectivity index (χ3v) is 5.03. The molecule has 0 radical (unpaired) electrons. The van der Waals surface area contributed by atoms with E-state index in [9.17, 15) is 14.4 Å². The van der Waals surface area contributed by atoms with Gasteiger partial charge in [0.15, 0.2) is 0 Å². The van der Waals surface area contributed by atoms with Crippen molar-refractivity contribution in [1.29, 1.82) is 0 Å². The molecule has 0 bridgehead atoms. The summed E-state index contributed by atoms with van der Waals surface area (Å²) >= 11 is 3.55. The van der Waals surface area contributed by atoms with Crippen LogP contribution in [-0.2, 0) is 9.59 Å². The van der Waals surface area contributed by atoms with Crippen LogP contribution in [0.3, 0.4) is 0 Å². The highest BCUT2D eigenvalue weighted by Crippen LogP contribution is 2.28. The van der Waals surface area contributed by atoms with Crippen molar-refractivity contribution in [3.05, 3.63) is 70.0 Å². The standard InChI is InChI=1S/C20H18BrN3O3/c1-4-9-23-19(26)15(18(25)22-20(23)27)11-14-10-12(2)24(13(14)3)17-8-6-5-7-16(17)21/h4-8,10-11H,1,9H2,2-3H3,(H,22,25,27)/b15-11-. The molecule has 1 aromatic carbocycles. The normalized spacial score (nSPS) is 16.0. The van der Waals surface area contributed by atoms with Crippen LogP contribution in [0.2, 0.25) is 0 Å². The summed E-state index contributed by atoms with van der Waals surface area (Å²) in [6.45, 7) is 7.43. The van der Waals surface area contributed by atoms with Gasteiger partial charge < -0.3 is 4.57 Å². The monoisotopic (exact) mass is 427 g/mol. The lowest BCUT2D eigenvalue weighted by atomic mass is 10.1. The molecule has 2 heterocycles. The predicted molar refractivity (Wildman–Crippen MR) is 106 cm³/mol. The molecular formula is C20H18BrN3O3. The fourth-order valence-electron chi connectivity index (χ4n) is 3.08. The fourth-order valence-corrected chi connectivity index (χ4v) is 3.54. The number of hydrogen-bond donors (Lipinski definition) is 1. The molecule has 4 amide bonds. The molecule has 0 saturated carbocycles. The van der Waals surface area contributed by atoms with Gasteiger partial charge in [0.1, 0.15) is 5.57 Å². The highest BCUT2D eigenvalue weighted by Gasteiger charge is 2.35. The van der Waals surface area contributed by atoms with Crippen molar-refractivity contribution in [1.82, 2.24) is 14.8 Å². The van der Waals surface area contributed by atoms with Crippen LogP contribution >= 0.6 is 15.9 Å². The number of para-hydroxylation sites is 1. The van der Waals surface area contributed by atoms with E-state index < -0.39 is 17.8 Å². The zero-order valence-corrected chi connectivity index (χ0v) is 16.5. The molecule has 0 spiro atoms. The number of barbiturate groups is 1. The van der Waals surface area contributed by atoms with E-state index in [0.717, 1.165) is 32.0 Å². The van der Waals surface area contributed by atoms with Gasteiger partial charge in [-0.25, -0.2) is 4.79 Å². The molecule has 1 N–H and O–H groups in total. The number of nitrogens with zero attached hydrogens (tertiary/aromatic N) is 2. The Morgan fingerprint density at radius 1 is 1.19 bits per heavy atom. The maximum atomic E-state index is 12.6. The van der Waals surface area contributed by atoms with Gasteiger partial charge in [0.2, 0.25) is 0 Å². The zero-order chi connectivity index (χ0) is 19.7. The first-order chi connectivity index (χ1) is 12.8. The van der Waals surface area contributed by atoms with Crippen LogP contribution in [-0.4, -0.2) is 33.9 Å². The van der Waals surface area contributed by atoms with Crippen molar-refractivity contribution in [2.24, 2.45) is 0 Å². The molecule has 0 atom stereocenters. The SMILES string of the molecule is C=CCN1C(=O)NC(=O)/C(=C/c2cc(C)n(-c3ccccc3Br)c2C)C1=O. The number of urea groups is 1. The van der Waals surface area contributed by atoms with Gasteiger partial charge in [-0.15, -0.1) is 6.58 Å². The summed E-state index contributed by atoms with van der Waals surface area (Å²) in [6.07, 6.45) is 2.96. The number of imide groups is 2. The summed E-state index contributed by atoms with van der Waals surface area (Å²) in [6, 6.07) is 8.96. The number of carbonyl (C=O) groups excluding carboxylic acids is 3. The molecule has 3 rings (SSSR count). The minimum atomic E-state index is -0.735. The summed E-state index contributed by atoms with van der Waals surface area (Å²) in [5.41, 5.74) is 3.44. The van der Waals surface area contributed by atoms with Crippen LogP contribution in [0.1, 0.15) is 17.0 Å². The second-order valence-corrected chi connectivity index (χ2v) is 6.99. The Morgan fingerprint density at radius 3 is 2.56 bits per heavy atom. The van der Waals surface area contributed by atoms with Crippen LogP contribution in [0, 0.1) is 13.8 Å². The molecule has 138 valence electrons. The maximum absolute atomic E-state index is 12.6. The van der Waals surface area contributed by atoms with Gasteiger partial charge in [-0.2, -0.15) is 0 Å². The first-order valence-corrected chi connectivity index (χ1v) is 9.08. The van der Waals surface area contributed by atoms with Gasteiger partial charge in [-0.3, -0.25) is 19.8 Å². The van der Waals surface area contributed by atoms with E-state index >= 15 is 0 Å². The first kappa shape index (κ1) is 18.8. The lowest BCUT2D eigenvalue weighted by molar-refractivity contribution is -0.129. The van der Waals surface area contributed by atoms with Crippen molar-refractivity contribution < 1.29 is 14.4 Å². The Kier molecular flexibility index (Phi) is 5.14. The van der Waals surface area contributed by atoms with Crippen molar-refractivity contribution in [3.63, 3.8) is 0 Å². The summed E-state index contributed by atoms with van der Waals surface area (Å²) in [5, 5.41) is 2.19. The number of amides is 4. The Labute approximate surface area is 165 Å². The first-order valence-electron chi connectivity index (χ1n) is 8.28. The molecule has 0 unspecified atom stereocenters.